The van der Waals surface area contributed by atoms with Crippen LogP contribution in [-0.4, -0.2) is 39.3 Å². The molecule has 0 saturated heterocycles. The average Bonchev–Trinajstić information content (AvgIpc) is 2.89. The minimum absolute atomic E-state index is 0.156. The summed E-state index contributed by atoms with van der Waals surface area (Å²) in [6.07, 6.45) is 1.60. The van der Waals surface area contributed by atoms with Crippen LogP contribution in [-0.2, 0) is 6.54 Å². The quantitative estimate of drug-likeness (QED) is 0.870. The van der Waals surface area contributed by atoms with Crippen molar-refractivity contribution in [3.63, 3.8) is 0 Å². The Morgan fingerprint density at radius 1 is 1.33 bits per heavy atom. The third-order valence-electron chi connectivity index (χ3n) is 4.09. The van der Waals surface area contributed by atoms with E-state index in [1.807, 2.05) is 23.7 Å². The van der Waals surface area contributed by atoms with Gasteiger partial charge in [0.05, 0.1) is 24.4 Å². The smallest absolute Gasteiger partial charge is 0.257 e. The second-order valence-corrected chi connectivity index (χ2v) is 6.82. The fourth-order valence-corrected chi connectivity index (χ4v) is 2.78. The lowest BCUT2D eigenvalue weighted by Gasteiger charge is -2.27. The molecule has 24 heavy (non-hydrogen) atoms. The Morgan fingerprint density at radius 2 is 1.96 bits per heavy atom. The summed E-state index contributed by atoms with van der Waals surface area (Å²) in [5.74, 6) is 0.292. The number of aromatic nitrogens is 2. The topological polar surface area (TPSA) is 58.4 Å². The number of carbonyl (C=O) groups is 1. The average molecular weight is 350 g/mol. The molecule has 1 heterocycles. The van der Waals surface area contributed by atoms with Gasteiger partial charge in [-0.15, -0.1) is 0 Å². The van der Waals surface area contributed by atoms with Crippen LogP contribution in [0.5, 0.6) is 0 Å². The third-order valence-corrected chi connectivity index (χ3v) is 4.34. The molecule has 1 amide bonds. The lowest BCUT2D eigenvalue weighted by Crippen LogP contribution is -2.33. The van der Waals surface area contributed by atoms with E-state index in [9.17, 15) is 9.90 Å². The Kier molecular flexibility index (Phi) is 6.02. The molecular formula is C18H24ClN3O2. The first-order chi connectivity index (χ1) is 11.3. The molecule has 0 aliphatic rings. The van der Waals surface area contributed by atoms with Crippen molar-refractivity contribution in [2.75, 3.05) is 13.7 Å². The monoisotopic (exact) mass is 349 g/mol. The standard InChI is InChI=1S/C18H24ClN3O2/c1-12(2)10-22-13(3)16(9-20-22)18(24)21(4)17(11-23)14-5-7-15(19)8-6-14/h5-9,12,17,23H,10-11H2,1-4H3. The van der Waals surface area contributed by atoms with Crippen LogP contribution in [0.15, 0.2) is 30.5 Å². The molecule has 2 aromatic rings. The molecule has 0 spiro atoms. The van der Waals surface area contributed by atoms with Gasteiger partial charge in [0.25, 0.3) is 5.91 Å². The van der Waals surface area contributed by atoms with E-state index < -0.39 is 6.04 Å². The summed E-state index contributed by atoms with van der Waals surface area (Å²) >= 11 is 5.91. The SMILES string of the molecule is Cc1c(C(=O)N(C)C(CO)c2ccc(Cl)cc2)cnn1CC(C)C. The van der Waals surface area contributed by atoms with Crippen LogP contribution in [0.4, 0.5) is 0 Å². The summed E-state index contributed by atoms with van der Waals surface area (Å²) in [5.41, 5.74) is 2.24. The van der Waals surface area contributed by atoms with Crippen LogP contribution >= 0.6 is 11.6 Å². The number of halogens is 1. The molecule has 1 aromatic carbocycles. The Hall–Kier alpha value is -1.85. The van der Waals surface area contributed by atoms with Crippen molar-refractivity contribution in [2.24, 2.45) is 5.92 Å². The Labute approximate surface area is 147 Å². The van der Waals surface area contributed by atoms with Crippen molar-refractivity contribution in [1.29, 1.82) is 0 Å². The second kappa shape index (κ2) is 7.81. The summed E-state index contributed by atoms with van der Waals surface area (Å²) in [4.78, 5) is 14.4. The number of aliphatic hydroxyl groups excluding tert-OH is 1. The summed E-state index contributed by atoms with van der Waals surface area (Å²) < 4.78 is 1.85. The van der Waals surface area contributed by atoms with Gasteiger partial charge in [-0.1, -0.05) is 37.6 Å². The molecule has 0 saturated carbocycles. The highest BCUT2D eigenvalue weighted by atomic mass is 35.5. The Morgan fingerprint density at radius 3 is 2.50 bits per heavy atom. The van der Waals surface area contributed by atoms with Gasteiger partial charge >= 0.3 is 0 Å². The van der Waals surface area contributed by atoms with Crippen LogP contribution in [0.2, 0.25) is 5.02 Å². The number of nitrogens with zero attached hydrogens (tertiary/aromatic N) is 3. The first kappa shape index (κ1) is 18.5. The zero-order valence-corrected chi connectivity index (χ0v) is 15.3. The molecule has 6 heteroatoms. The van der Waals surface area contributed by atoms with Crippen molar-refractivity contribution >= 4 is 17.5 Å². The van der Waals surface area contributed by atoms with Crippen LogP contribution < -0.4 is 0 Å². The first-order valence-corrected chi connectivity index (χ1v) is 8.38. The van der Waals surface area contributed by atoms with Gasteiger partial charge < -0.3 is 10.0 Å². The summed E-state index contributed by atoms with van der Waals surface area (Å²) in [5, 5.41) is 14.7. The number of hydrogen-bond donors (Lipinski definition) is 1. The van der Waals surface area contributed by atoms with E-state index in [4.69, 9.17) is 11.6 Å². The molecule has 1 unspecified atom stereocenters. The van der Waals surface area contributed by atoms with Gasteiger partial charge in [0.15, 0.2) is 0 Å². The van der Waals surface area contributed by atoms with Gasteiger partial charge in [0, 0.05) is 24.3 Å². The zero-order valence-electron chi connectivity index (χ0n) is 14.5. The first-order valence-electron chi connectivity index (χ1n) is 8.01. The van der Waals surface area contributed by atoms with Crippen molar-refractivity contribution in [3.8, 4) is 0 Å². The lowest BCUT2D eigenvalue weighted by atomic mass is 10.1. The lowest BCUT2D eigenvalue weighted by molar-refractivity contribution is 0.0657. The van der Waals surface area contributed by atoms with E-state index in [1.165, 1.54) is 0 Å². The fraction of sp³-hybridized carbons (Fsp3) is 0.444. The summed E-state index contributed by atoms with van der Waals surface area (Å²) in [7, 11) is 1.69. The number of amides is 1. The highest BCUT2D eigenvalue weighted by molar-refractivity contribution is 6.30. The third kappa shape index (κ3) is 3.97. The second-order valence-electron chi connectivity index (χ2n) is 6.39. The number of aliphatic hydroxyl groups is 1. The van der Waals surface area contributed by atoms with Gasteiger partial charge in [-0.3, -0.25) is 9.48 Å². The van der Waals surface area contributed by atoms with Crippen molar-refractivity contribution < 1.29 is 9.90 Å². The molecule has 0 bridgehead atoms. The Balaban J connectivity index is 2.24. The number of benzene rings is 1. The molecule has 1 atom stereocenters. The van der Waals surface area contributed by atoms with Crippen LogP contribution in [0.25, 0.3) is 0 Å². The largest absolute Gasteiger partial charge is 0.394 e. The maximum atomic E-state index is 12.8. The molecular weight excluding hydrogens is 326 g/mol. The maximum Gasteiger partial charge on any atom is 0.257 e. The predicted molar refractivity (Wildman–Crippen MR) is 95.2 cm³/mol. The van der Waals surface area contributed by atoms with Crippen LogP contribution in [0, 0.1) is 12.8 Å². The molecule has 1 aromatic heterocycles. The minimum Gasteiger partial charge on any atom is -0.394 e. The molecule has 0 radical (unpaired) electrons. The van der Waals surface area contributed by atoms with E-state index in [0.29, 0.717) is 16.5 Å². The number of rotatable bonds is 6. The van der Waals surface area contributed by atoms with Gasteiger partial charge in [-0.2, -0.15) is 5.10 Å². The highest BCUT2D eigenvalue weighted by Gasteiger charge is 2.25. The highest BCUT2D eigenvalue weighted by Crippen LogP contribution is 2.23. The van der Waals surface area contributed by atoms with Crippen molar-refractivity contribution in [3.05, 3.63) is 52.3 Å². The summed E-state index contributed by atoms with van der Waals surface area (Å²) in [6.45, 7) is 6.72. The van der Waals surface area contributed by atoms with E-state index in [1.54, 1.807) is 30.3 Å². The van der Waals surface area contributed by atoms with Gasteiger partial charge in [0.2, 0.25) is 0 Å². The molecule has 5 nitrogen and oxygen atoms in total. The predicted octanol–water partition coefficient (Wildman–Crippen LogP) is 3.31. The Bertz CT molecular complexity index is 695. The van der Waals surface area contributed by atoms with Crippen molar-refractivity contribution in [2.45, 2.75) is 33.4 Å². The van der Waals surface area contributed by atoms with E-state index in [2.05, 4.69) is 18.9 Å². The van der Waals surface area contributed by atoms with E-state index >= 15 is 0 Å². The van der Waals surface area contributed by atoms with Gasteiger partial charge in [0.1, 0.15) is 0 Å². The van der Waals surface area contributed by atoms with Gasteiger partial charge in [-0.25, -0.2) is 0 Å². The fourth-order valence-electron chi connectivity index (χ4n) is 2.65. The van der Waals surface area contributed by atoms with Crippen LogP contribution in [0.1, 0.15) is 41.5 Å². The minimum atomic E-state index is -0.428. The zero-order chi connectivity index (χ0) is 17.9. The normalized spacial score (nSPS) is 12.5. The number of hydrogen-bond acceptors (Lipinski definition) is 3. The maximum absolute atomic E-state index is 12.8. The number of likely N-dealkylation sites (N-methyl/N-ethyl adjacent to an activating group) is 1. The molecule has 0 fully saturated rings. The van der Waals surface area contributed by atoms with Crippen LogP contribution in [0.3, 0.4) is 0 Å². The van der Waals surface area contributed by atoms with E-state index in [-0.39, 0.29) is 12.5 Å². The molecule has 0 aliphatic carbocycles. The molecule has 2 rings (SSSR count). The molecule has 1 N–H and O–H groups in total. The molecule has 130 valence electrons. The molecule has 0 aliphatic heterocycles. The van der Waals surface area contributed by atoms with Crippen molar-refractivity contribution in [1.82, 2.24) is 14.7 Å². The summed E-state index contributed by atoms with van der Waals surface area (Å²) in [6, 6.07) is 6.72. The van der Waals surface area contributed by atoms with E-state index in [0.717, 1.165) is 17.8 Å². The number of carbonyl (C=O) groups excluding carboxylic acids is 1. The van der Waals surface area contributed by atoms with Gasteiger partial charge in [-0.05, 0) is 30.5 Å².